The molecule has 1 aromatic rings. The fourth-order valence-corrected chi connectivity index (χ4v) is 1.66. The maximum atomic E-state index is 10.9. The molecule has 0 saturated carbocycles. The molecule has 5 heteroatoms. The van der Waals surface area contributed by atoms with Crippen LogP contribution in [-0.4, -0.2) is 14.4 Å². The first-order valence-corrected chi connectivity index (χ1v) is 5.42. The molecule has 0 aromatic carbocycles. The van der Waals surface area contributed by atoms with E-state index in [0.717, 1.165) is 12.2 Å². The standard InChI is InChI=1S/C8H14N2O2S/c1-6(3-7(2)13(9)11)8-4-10-5-12-8/h4-7H,3,9H2,1-2H3/t6-,7?,13?/m1/s1. The van der Waals surface area contributed by atoms with Gasteiger partial charge in [-0.15, -0.1) is 0 Å². The van der Waals surface area contributed by atoms with Gasteiger partial charge in [0.1, 0.15) is 5.76 Å². The third kappa shape index (κ3) is 2.93. The smallest absolute Gasteiger partial charge is 0.180 e. The minimum atomic E-state index is -1.25. The van der Waals surface area contributed by atoms with Crippen LogP contribution in [0.25, 0.3) is 0 Å². The number of aromatic nitrogens is 1. The molecule has 0 radical (unpaired) electrons. The molecule has 74 valence electrons. The van der Waals surface area contributed by atoms with Crippen LogP contribution in [0, 0.1) is 0 Å². The van der Waals surface area contributed by atoms with Crippen molar-refractivity contribution in [3.8, 4) is 0 Å². The van der Waals surface area contributed by atoms with Crippen LogP contribution < -0.4 is 5.14 Å². The molecule has 0 aliphatic heterocycles. The molecule has 0 saturated heterocycles. The Labute approximate surface area is 80.1 Å². The van der Waals surface area contributed by atoms with Crippen molar-refractivity contribution in [3.63, 3.8) is 0 Å². The van der Waals surface area contributed by atoms with E-state index in [1.165, 1.54) is 6.39 Å². The molecule has 2 N–H and O–H groups in total. The van der Waals surface area contributed by atoms with E-state index in [0.29, 0.717) is 0 Å². The van der Waals surface area contributed by atoms with Crippen molar-refractivity contribution in [1.82, 2.24) is 4.98 Å². The molecular formula is C8H14N2O2S. The van der Waals surface area contributed by atoms with Crippen molar-refractivity contribution < 1.29 is 8.63 Å². The lowest BCUT2D eigenvalue weighted by Gasteiger charge is -2.11. The van der Waals surface area contributed by atoms with Crippen LogP contribution in [0.4, 0.5) is 0 Å². The number of oxazole rings is 1. The molecule has 1 heterocycles. The Morgan fingerprint density at radius 1 is 1.69 bits per heavy atom. The Hall–Kier alpha value is -0.680. The first-order valence-electron chi connectivity index (χ1n) is 4.14. The molecule has 3 atom stereocenters. The summed E-state index contributed by atoms with van der Waals surface area (Å²) in [6, 6.07) is 0. The Kier molecular flexibility index (Phi) is 3.62. The van der Waals surface area contributed by atoms with E-state index in [2.05, 4.69) is 4.98 Å². The van der Waals surface area contributed by atoms with Crippen molar-refractivity contribution in [2.24, 2.45) is 5.14 Å². The summed E-state index contributed by atoms with van der Waals surface area (Å²) in [5.74, 6) is 1.03. The monoisotopic (exact) mass is 202 g/mol. The number of nitrogens with two attached hydrogens (primary N) is 1. The molecule has 0 fully saturated rings. The fourth-order valence-electron chi connectivity index (χ4n) is 1.18. The van der Waals surface area contributed by atoms with Crippen LogP contribution in [0.1, 0.15) is 31.9 Å². The summed E-state index contributed by atoms with van der Waals surface area (Å²) in [5, 5.41) is 5.25. The molecule has 0 spiro atoms. The van der Waals surface area contributed by atoms with Crippen molar-refractivity contribution in [3.05, 3.63) is 18.4 Å². The Morgan fingerprint density at radius 3 is 2.85 bits per heavy atom. The second-order valence-corrected chi connectivity index (χ2v) is 4.64. The molecule has 0 aliphatic rings. The van der Waals surface area contributed by atoms with E-state index in [1.807, 2.05) is 13.8 Å². The molecule has 0 bridgehead atoms. The normalized spacial score (nSPS) is 18.1. The predicted molar refractivity (Wildman–Crippen MR) is 51.3 cm³/mol. The zero-order valence-electron chi connectivity index (χ0n) is 7.77. The van der Waals surface area contributed by atoms with Gasteiger partial charge in [-0.25, -0.2) is 9.19 Å². The van der Waals surface area contributed by atoms with Crippen molar-refractivity contribution in [2.75, 3.05) is 0 Å². The van der Waals surface area contributed by atoms with Crippen LogP contribution in [0.3, 0.4) is 0 Å². The number of rotatable bonds is 4. The van der Waals surface area contributed by atoms with Gasteiger partial charge < -0.3 is 4.42 Å². The molecule has 1 rings (SSSR count). The summed E-state index contributed by atoms with van der Waals surface area (Å²) < 4.78 is 16.0. The van der Waals surface area contributed by atoms with Gasteiger partial charge in [0.25, 0.3) is 0 Å². The van der Waals surface area contributed by atoms with Crippen LogP contribution in [0.2, 0.25) is 0 Å². The summed E-state index contributed by atoms with van der Waals surface area (Å²) in [6.45, 7) is 3.87. The second kappa shape index (κ2) is 4.53. The van der Waals surface area contributed by atoms with E-state index in [-0.39, 0.29) is 11.2 Å². The van der Waals surface area contributed by atoms with E-state index < -0.39 is 11.0 Å². The van der Waals surface area contributed by atoms with E-state index in [1.54, 1.807) is 6.20 Å². The average Bonchev–Trinajstić information content (AvgIpc) is 2.55. The van der Waals surface area contributed by atoms with Gasteiger partial charge in [0.2, 0.25) is 0 Å². The van der Waals surface area contributed by atoms with Gasteiger partial charge in [-0.2, -0.15) is 0 Å². The second-order valence-electron chi connectivity index (χ2n) is 3.18. The lowest BCUT2D eigenvalue weighted by molar-refractivity contribution is 0.457. The van der Waals surface area contributed by atoms with Gasteiger partial charge in [0.15, 0.2) is 6.39 Å². The minimum absolute atomic E-state index is 0.0138. The number of hydrogen-bond acceptors (Lipinski definition) is 3. The maximum absolute atomic E-state index is 10.9. The fraction of sp³-hybridized carbons (Fsp3) is 0.625. The van der Waals surface area contributed by atoms with Crippen LogP contribution >= 0.6 is 0 Å². The topological polar surface area (TPSA) is 69.1 Å². The molecule has 13 heavy (non-hydrogen) atoms. The first-order chi connectivity index (χ1) is 6.11. The first kappa shape index (κ1) is 10.4. The third-order valence-corrected chi connectivity index (χ3v) is 3.00. The summed E-state index contributed by atoms with van der Waals surface area (Å²) in [6.07, 6.45) is 3.82. The van der Waals surface area contributed by atoms with Crippen LogP contribution in [0.5, 0.6) is 0 Å². The number of hydrogen-bond donors (Lipinski definition) is 1. The minimum Gasteiger partial charge on any atom is -0.448 e. The quantitative estimate of drug-likeness (QED) is 0.797. The van der Waals surface area contributed by atoms with Gasteiger partial charge >= 0.3 is 0 Å². The van der Waals surface area contributed by atoms with Crippen LogP contribution in [0.15, 0.2) is 17.0 Å². The third-order valence-electron chi connectivity index (χ3n) is 2.02. The highest BCUT2D eigenvalue weighted by Gasteiger charge is 2.15. The van der Waals surface area contributed by atoms with Gasteiger partial charge in [-0.1, -0.05) is 6.92 Å². The molecule has 4 nitrogen and oxygen atoms in total. The van der Waals surface area contributed by atoms with Gasteiger partial charge in [0.05, 0.1) is 17.2 Å². The Morgan fingerprint density at radius 2 is 2.38 bits per heavy atom. The highest BCUT2D eigenvalue weighted by Crippen LogP contribution is 2.20. The van der Waals surface area contributed by atoms with Gasteiger partial charge in [-0.05, 0) is 13.3 Å². The Balaban J connectivity index is 2.51. The van der Waals surface area contributed by atoms with E-state index >= 15 is 0 Å². The summed E-state index contributed by atoms with van der Waals surface area (Å²) >= 11 is 0. The zero-order valence-corrected chi connectivity index (χ0v) is 8.58. The highest BCUT2D eigenvalue weighted by molar-refractivity contribution is 7.83. The predicted octanol–water partition coefficient (Wildman–Crippen LogP) is 1.18. The SMILES string of the molecule is CC(C[C@@H](C)c1cnco1)S(N)=O. The van der Waals surface area contributed by atoms with Crippen LogP contribution in [-0.2, 0) is 11.0 Å². The summed E-state index contributed by atoms with van der Waals surface area (Å²) in [4.78, 5) is 3.82. The van der Waals surface area contributed by atoms with Gasteiger partial charge in [0, 0.05) is 11.2 Å². The molecule has 2 unspecified atom stereocenters. The highest BCUT2D eigenvalue weighted by atomic mass is 32.2. The largest absolute Gasteiger partial charge is 0.448 e. The Bertz CT molecular complexity index is 274. The van der Waals surface area contributed by atoms with Gasteiger partial charge in [-0.3, -0.25) is 5.14 Å². The lowest BCUT2D eigenvalue weighted by atomic mass is 10.0. The summed E-state index contributed by atoms with van der Waals surface area (Å²) in [5.41, 5.74) is 0. The maximum Gasteiger partial charge on any atom is 0.180 e. The molecule has 0 aliphatic carbocycles. The van der Waals surface area contributed by atoms with Crippen molar-refractivity contribution >= 4 is 11.0 Å². The number of nitrogens with zero attached hydrogens (tertiary/aromatic N) is 1. The van der Waals surface area contributed by atoms with E-state index in [9.17, 15) is 4.21 Å². The molecule has 0 amide bonds. The zero-order chi connectivity index (χ0) is 9.84. The molecule has 1 aromatic heterocycles. The van der Waals surface area contributed by atoms with Crippen molar-refractivity contribution in [1.29, 1.82) is 0 Å². The lowest BCUT2D eigenvalue weighted by Crippen LogP contribution is -2.20. The molecular weight excluding hydrogens is 188 g/mol. The summed E-state index contributed by atoms with van der Waals surface area (Å²) in [7, 11) is -1.25. The van der Waals surface area contributed by atoms with Crippen molar-refractivity contribution in [2.45, 2.75) is 31.4 Å². The van der Waals surface area contributed by atoms with E-state index in [4.69, 9.17) is 9.56 Å². The average molecular weight is 202 g/mol.